The molecule has 1 aliphatic rings. The molecule has 3 nitrogen and oxygen atoms in total. The van der Waals surface area contributed by atoms with Crippen molar-refractivity contribution < 1.29 is 9.90 Å². The van der Waals surface area contributed by atoms with Crippen molar-refractivity contribution in [3.8, 4) is 0 Å². The number of rotatable bonds is 7. The van der Waals surface area contributed by atoms with Crippen LogP contribution in [0.15, 0.2) is 0 Å². The monoisotopic (exact) mass is 227 g/mol. The smallest absolute Gasteiger partial charge is 0.303 e. The Hall–Kier alpha value is -0.570. The van der Waals surface area contributed by atoms with E-state index in [-0.39, 0.29) is 0 Å². The highest BCUT2D eigenvalue weighted by Gasteiger charge is 2.37. The second-order valence-electron chi connectivity index (χ2n) is 5.21. The SMILES string of the molecule is CCCC(CC)C(CC(=O)O)C1CC(N)C1. The van der Waals surface area contributed by atoms with Crippen LogP contribution in [0.4, 0.5) is 0 Å². The third-order valence-electron chi connectivity index (χ3n) is 4.02. The number of nitrogens with two attached hydrogens (primary N) is 1. The minimum atomic E-state index is -0.653. The highest BCUT2D eigenvalue weighted by Crippen LogP contribution is 2.41. The highest BCUT2D eigenvalue weighted by atomic mass is 16.4. The first-order valence-corrected chi connectivity index (χ1v) is 6.55. The van der Waals surface area contributed by atoms with E-state index in [0.717, 1.165) is 32.1 Å². The van der Waals surface area contributed by atoms with Gasteiger partial charge < -0.3 is 10.8 Å². The summed E-state index contributed by atoms with van der Waals surface area (Å²) >= 11 is 0. The summed E-state index contributed by atoms with van der Waals surface area (Å²) in [5, 5.41) is 9.00. The van der Waals surface area contributed by atoms with E-state index in [4.69, 9.17) is 10.8 Å². The van der Waals surface area contributed by atoms with Crippen LogP contribution in [0.25, 0.3) is 0 Å². The molecule has 1 aliphatic carbocycles. The summed E-state index contributed by atoms with van der Waals surface area (Å²) in [6.07, 6.45) is 5.78. The van der Waals surface area contributed by atoms with E-state index in [0.29, 0.717) is 30.2 Å². The van der Waals surface area contributed by atoms with Gasteiger partial charge in [0.1, 0.15) is 0 Å². The van der Waals surface area contributed by atoms with E-state index in [9.17, 15) is 4.79 Å². The Morgan fingerprint density at radius 1 is 1.44 bits per heavy atom. The number of hydrogen-bond acceptors (Lipinski definition) is 2. The third-order valence-corrected chi connectivity index (χ3v) is 4.02. The summed E-state index contributed by atoms with van der Waals surface area (Å²) in [5.74, 6) is 0.823. The van der Waals surface area contributed by atoms with E-state index in [1.807, 2.05) is 0 Å². The van der Waals surface area contributed by atoms with Gasteiger partial charge in [-0.1, -0.05) is 33.1 Å². The molecular formula is C13H25NO2. The molecule has 2 atom stereocenters. The molecule has 1 saturated carbocycles. The summed E-state index contributed by atoms with van der Waals surface area (Å²) < 4.78 is 0. The Kier molecular flexibility index (Phi) is 5.26. The van der Waals surface area contributed by atoms with Gasteiger partial charge in [-0.3, -0.25) is 4.79 Å². The van der Waals surface area contributed by atoms with Crippen molar-refractivity contribution in [2.75, 3.05) is 0 Å². The fourth-order valence-corrected chi connectivity index (χ4v) is 3.07. The highest BCUT2D eigenvalue weighted by molar-refractivity contribution is 5.67. The van der Waals surface area contributed by atoms with E-state index in [1.54, 1.807) is 0 Å². The van der Waals surface area contributed by atoms with Crippen molar-refractivity contribution in [1.82, 2.24) is 0 Å². The van der Waals surface area contributed by atoms with Gasteiger partial charge in [-0.15, -0.1) is 0 Å². The summed E-state index contributed by atoms with van der Waals surface area (Å²) in [7, 11) is 0. The molecule has 3 heteroatoms. The van der Waals surface area contributed by atoms with Crippen molar-refractivity contribution in [2.24, 2.45) is 23.5 Å². The second kappa shape index (κ2) is 6.24. The first-order valence-electron chi connectivity index (χ1n) is 6.55. The van der Waals surface area contributed by atoms with Gasteiger partial charge in [-0.25, -0.2) is 0 Å². The minimum Gasteiger partial charge on any atom is -0.481 e. The lowest BCUT2D eigenvalue weighted by Crippen LogP contribution is -2.42. The van der Waals surface area contributed by atoms with E-state index >= 15 is 0 Å². The zero-order valence-corrected chi connectivity index (χ0v) is 10.5. The lowest BCUT2D eigenvalue weighted by Gasteiger charge is -2.41. The van der Waals surface area contributed by atoms with Gasteiger partial charge in [0.15, 0.2) is 0 Å². The number of carboxylic acid groups (broad SMARTS) is 1. The number of hydrogen-bond donors (Lipinski definition) is 2. The molecule has 0 aromatic rings. The Balaban J connectivity index is 2.57. The van der Waals surface area contributed by atoms with Crippen LogP contribution in [0, 0.1) is 17.8 Å². The number of carboxylic acids is 1. The van der Waals surface area contributed by atoms with Crippen molar-refractivity contribution in [3.63, 3.8) is 0 Å². The van der Waals surface area contributed by atoms with E-state index in [2.05, 4.69) is 13.8 Å². The Labute approximate surface area is 98.4 Å². The fourth-order valence-electron chi connectivity index (χ4n) is 3.07. The van der Waals surface area contributed by atoms with Crippen LogP contribution in [0.3, 0.4) is 0 Å². The molecule has 16 heavy (non-hydrogen) atoms. The molecule has 2 unspecified atom stereocenters. The van der Waals surface area contributed by atoms with Crippen LogP contribution >= 0.6 is 0 Å². The van der Waals surface area contributed by atoms with Crippen LogP contribution in [0.1, 0.15) is 52.4 Å². The molecule has 0 aromatic heterocycles. The first-order chi connectivity index (χ1) is 7.58. The molecule has 94 valence electrons. The molecule has 0 aromatic carbocycles. The lowest BCUT2D eigenvalue weighted by molar-refractivity contribution is -0.139. The van der Waals surface area contributed by atoms with Gasteiger partial charge in [0.2, 0.25) is 0 Å². The largest absolute Gasteiger partial charge is 0.481 e. The standard InChI is InChI=1S/C13H25NO2/c1-3-5-9(4-2)12(8-13(15)16)10-6-11(14)7-10/h9-12H,3-8,14H2,1-2H3,(H,15,16). The molecule has 3 N–H and O–H groups in total. The van der Waals surface area contributed by atoms with Gasteiger partial charge in [-0.2, -0.15) is 0 Å². The summed E-state index contributed by atoms with van der Waals surface area (Å²) in [4.78, 5) is 10.9. The van der Waals surface area contributed by atoms with Crippen LogP contribution in [-0.4, -0.2) is 17.1 Å². The molecule has 0 aliphatic heterocycles. The maximum Gasteiger partial charge on any atom is 0.303 e. The normalized spacial score (nSPS) is 28.2. The molecule has 0 saturated heterocycles. The molecule has 0 bridgehead atoms. The second-order valence-corrected chi connectivity index (χ2v) is 5.21. The van der Waals surface area contributed by atoms with Gasteiger partial charge in [0, 0.05) is 12.5 Å². The summed E-state index contributed by atoms with van der Waals surface area (Å²) in [5.41, 5.74) is 5.81. The van der Waals surface area contributed by atoms with Crippen LogP contribution in [0.5, 0.6) is 0 Å². The van der Waals surface area contributed by atoms with E-state index < -0.39 is 5.97 Å². The number of carbonyl (C=O) groups is 1. The van der Waals surface area contributed by atoms with Crippen LogP contribution < -0.4 is 5.73 Å². The Bertz CT molecular complexity index is 224. The predicted octanol–water partition coefficient (Wildman–Crippen LogP) is 2.64. The average molecular weight is 227 g/mol. The molecule has 0 spiro atoms. The molecule has 0 amide bonds. The van der Waals surface area contributed by atoms with Crippen molar-refractivity contribution in [1.29, 1.82) is 0 Å². The van der Waals surface area contributed by atoms with Crippen molar-refractivity contribution in [3.05, 3.63) is 0 Å². The van der Waals surface area contributed by atoms with Gasteiger partial charge in [0.25, 0.3) is 0 Å². The van der Waals surface area contributed by atoms with Crippen LogP contribution in [-0.2, 0) is 4.79 Å². The molecular weight excluding hydrogens is 202 g/mol. The number of aliphatic carboxylic acids is 1. The maximum atomic E-state index is 10.9. The van der Waals surface area contributed by atoms with Crippen LogP contribution in [0.2, 0.25) is 0 Å². The first kappa shape index (κ1) is 13.5. The van der Waals surface area contributed by atoms with Crippen molar-refractivity contribution in [2.45, 2.75) is 58.4 Å². The zero-order valence-electron chi connectivity index (χ0n) is 10.5. The van der Waals surface area contributed by atoms with Gasteiger partial charge >= 0.3 is 5.97 Å². The Morgan fingerprint density at radius 3 is 2.44 bits per heavy atom. The quantitative estimate of drug-likeness (QED) is 0.702. The van der Waals surface area contributed by atoms with E-state index in [1.165, 1.54) is 0 Å². The molecule has 0 radical (unpaired) electrons. The van der Waals surface area contributed by atoms with Gasteiger partial charge in [0.05, 0.1) is 0 Å². The summed E-state index contributed by atoms with van der Waals surface area (Å²) in [6, 6.07) is 0.320. The molecule has 1 rings (SSSR count). The third kappa shape index (κ3) is 3.48. The molecule has 0 heterocycles. The molecule has 1 fully saturated rings. The minimum absolute atomic E-state index is 0.320. The Morgan fingerprint density at radius 2 is 2.06 bits per heavy atom. The van der Waals surface area contributed by atoms with Gasteiger partial charge in [-0.05, 0) is 30.6 Å². The maximum absolute atomic E-state index is 10.9. The fraction of sp³-hybridized carbons (Fsp3) is 0.923. The topological polar surface area (TPSA) is 63.3 Å². The summed E-state index contributed by atoms with van der Waals surface area (Å²) in [6.45, 7) is 4.35. The predicted molar refractivity (Wildman–Crippen MR) is 65.1 cm³/mol. The van der Waals surface area contributed by atoms with Crippen molar-refractivity contribution >= 4 is 5.97 Å². The zero-order chi connectivity index (χ0) is 12.1. The average Bonchev–Trinajstić information content (AvgIpc) is 2.18. The lowest BCUT2D eigenvalue weighted by atomic mass is 9.65.